The van der Waals surface area contributed by atoms with Crippen LogP contribution in [0.5, 0.6) is 0 Å². The number of anilines is 1. The van der Waals surface area contributed by atoms with Crippen LogP contribution in [0.4, 0.5) is 5.69 Å². The molecule has 1 aliphatic heterocycles. The molecule has 0 saturated heterocycles. The van der Waals surface area contributed by atoms with Crippen LogP contribution >= 0.6 is 0 Å². The van der Waals surface area contributed by atoms with Crippen LogP contribution in [-0.2, 0) is 17.8 Å². The third-order valence-corrected chi connectivity index (χ3v) is 2.28. The smallest absolute Gasteiger partial charge is 0.277 e. The Labute approximate surface area is 80.8 Å². The number of aromatic nitrogens is 2. The Kier molecular flexibility index (Phi) is 2.30. The van der Waals surface area contributed by atoms with Crippen molar-refractivity contribution in [3.63, 3.8) is 0 Å². The van der Waals surface area contributed by atoms with Crippen molar-refractivity contribution < 1.29 is 4.79 Å². The summed E-state index contributed by atoms with van der Waals surface area (Å²) in [5.74, 6) is 0. The number of aldehydes is 1. The third kappa shape index (κ3) is 1.41. The zero-order chi connectivity index (χ0) is 9.97. The monoisotopic (exact) mass is 193 g/mol. The van der Waals surface area contributed by atoms with E-state index in [0.29, 0.717) is 12.0 Å². The van der Waals surface area contributed by atoms with Gasteiger partial charge in [0.1, 0.15) is 12.0 Å². The Hall–Kier alpha value is -1.65. The molecule has 0 amide bonds. The van der Waals surface area contributed by atoms with Crippen LogP contribution in [0, 0.1) is 0 Å². The van der Waals surface area contributed by atoms with Crippen LogP contribution in [0.1, 0.15) is 12.1 Å². The summed E-state index contributed by atoms with van der Waals surface area (Å²) >= 11 is 0. The number of hydrogen-bond acceptors (Lipinski definition) is 4. The first kappa shape index (κ1) is 8.93. The minimum absolute atomic E-state index is 0.0702. The van der Waals surface area contributed by atoms with Crippen LogP contribution in [-0.4, -0.2) is 22.4 Å². The zero-order valence-corrected chi connectivity index (χ0v) is 7.69. The molecule has 1 N–H and O–H groups in total. The Morgan fingerprint density at radius 2 is 2.50 bits per heavy atom. The Bertz CT molecular complexity index is 411. The molecule has 0 radical (unpaired) electrons. The fraction of sp³-hybridized carbons (Fsp3) is 0.444. The highest BCUT2D eigenvalue weighted by Crippen LogP contribution is 2.13. The summed E-state index contributed by atoms with van der Waals surface area (Å²) in [6, 6.07) is 0. The average molecular weight is 193 g/mol. The van der Waals surface area contributed by atoms with Crippen LogP contribution in [0.3, 0.4) is 0 Å². The average Bonchev–Trinajstić information content (AvgIpc) is 2.23. The third-order valence-electron chi connectivity index (χ3n) is 2.28. The van der Waals surface area contributed by atoms with Crippen molar-refractivity contribution in [1.82, 2.24) is 9.55 Å². The van der Waals surface area contributed by atoms with Gasteiger partial charge in [-0.3, -0.25) is 9.36 Å². The number of hydrogen-bond donors (Lipinski definition) is 1. The minimum atomic E-state index is -0.151. The summed E-state index contributed by atoms with van der Waals surface area (Å²) in [5.41, 5.74) is 1.21. The maximum absolute atomic E-state index is 11.7. The van der Waals surface area contributed by atoms with Gasteiger partial charge in [0, 0.05) is 6.54 Å². The quantitative estimate of drug-likeness (QED) is 0.661. The lowest BCUT2D eigenvalue weighted by Gasteiger charge is -2.16. The maximum atomic E-state index is 11.7. The van der Waals surface area contributed by atoms with Crippen molar-refractivity contribution in [2.75, 3.05) is 11.9 Å². The first-order valence-electron chi connectivity index (χ1n) is 4.59. The van der Waals surface area contributed by atoms with E-state index in [0.717, 1.165) is 25.1 Å². The van der Waals surface area contributed by atoms with Crippen molar-refractivity contribution in [3.8, 4) is 0 Å². The van der Waals surface area contributed by atoms with Crippen LogP contribution < -0.4 is 10.9 Å². The lowest BCUT2D eigenvalue weighted by Crippen LogP contribution is -2.29. The zero-order valence-electron chi connectivity index (χ0n) is 7.69. The summed E-state index contributed by atoms with van der Waals surface area (Å²) in [6.45, 7) is 0.871. The van der Waals surface area contributed by atoms with Crippen LogP contribution in [0.2, 0.25) is 0 Å². The predicted molar refractivity (Wildman–Crippen MR) is 51.4 cm³/mol. The minimum Gasteiger partial charge on any atom is -0.379 e. The Balaban J connectivity index is 2.48. The molecule has 1 aromatic heterocycles. The largest absolute Gasteiger partial charge is 0.379 e. The van der Waals surface area contributed by atoms with E-state index in [4.69, 9.17) is 0 Å². The molecular weight excluding hydrogens is 182 g/mol. The van der Waals surface area contributed by atoms with Gasteiger partial charge in [-0.2, -0.15) is 0 Å². The van der Waals surface area contributed by atoms with Crippen molar-refractivity contribution in [1.29, 1.82) is 0 Å². The number of nitrogens with zero attached hydrogens (tertiary/aromatic N) is 2. The Morgan fingerprint density at radius 1 is 1.64 bits per heavy atom. The highest BCUT2D eigenvalue weighted by Gasteiger charge is 2.14. The van der Waals surface area contributed by atoms with Gasteiger partial charge in [0.25, 0.3) is 5.56 Å². The molecule has 2 rings (SSSR count). The lowest BCUT2D eigenvalue weighted by atomic mass is 10.1. The molecule has 14 heavy (non-hydrogen) atoms. The number of rotatable bonds is 2. The molecule has 1 aromatic rings. The molecule has 5 nitrogen and oxygen atoms in total. The summed E-state index contributed by atoms with van der Waals surface area (Å²) < 4.78 is 1.31. The number of fused-ring (bicyclic) bond motifs is 1. The first-order valence-corrected chi connectivity index (χ1v) is 4.59. The van der Waals surface area contributed by atoms with Gasteiger partial charge in [0.2, 0.25) is 0 Å². The summed E-state index contributed by atoms with van der Waals surface area (Å²) in [7, 11) is 0. The molecule has 0 atom stereocenters. The van der Waals surface area contributed by atoms with E-state index in [1.54, 1.807) is 0 Å². The normalized spacial score (nSPS) is 14.3. The highest BCUT2D eigenvalue weighted by atomic mass is 16.1. The van der Waals surface area contributed by atoms with Crippen molar-refractivity contribution in [2.45, 2.75) is 19.4 Å². The second-order valence-corrected chi connectivity index (χ2v) is 3.22. The molecule has 2 heterocycles. The topological polar surface area (TPSA) is 64.0 Å². The number of aryl methyl sites for hydroxylation is 1. The first-order chi connectivity index (χ1) is 6.83. The molecule has 0 bridgehead atoms. The van der Waals surface area contributed by atoms with Crippen molar-refractivity contribution >= 4 is 12.0 Å². The fourth-order valence-electron chi connectivity index (χ4n) is 1.57. The molecule has 5 heteroatoms. The molecule has 1 aliphatic rings. The number of carbonyl (C=O) groups excluding carboxylic acids is 1. The second kappa shape index (κ2) is 3.61. The molecule has 0 aromatic carbocycles. The standard InChI is InChI=1S/C9H11N3O2/c13-5-4-12-6-11-7-2-1-3-10-8(7)9(12)14/h5-6,10H,1-4H2. The molecule has 0 unspecified atom stereocenters. The van der Waals surface area contributed by atoms with Gasteiger partial charge in [-0.15, -0.1) is 0 Å². The second-order valence-electron chi connectivity index (χ2n) is 3.22. The van der Waals surface area contributed by atoms with Gasteiger partial charge in [-0.05, 0) is 12.8 Å². The van der Waals surface area contributed by atoms with Gasteiger partial charge in [0.05, 0.1) is 18.6 Å². The van der Waals surface area contributed by atoms with Gasteiger partial charge < -0.3 is 10.1 Å². The van der Waals surface area contributed by atoms with Gasteiger partial charge in [0.15, 0.2) is 0 Å². The summed E-state index contributed by atoms with van der Waals surface area (Å²) in [4.78, 5) is 26.1. The number of carbonyl (C=O) groups is 1. The summed E-state index contributed by atoms with van der Waals surface area (Å²) in [5, 5.41) is 3.02. The van der Waals surface area contributed by atoms with E-state index >= 15 is 0 Å². The van der Waals surface area contributed by atoms with E-state index in [2.05, 4.69) is 10.3 Å². The van der Waals surface area contributed by atoms with E-state index in [9.17, 15) is 9.59 Å². The van der Waals surface area contributed by atoms with E-state index in [1.807, 2.05) is 0 Å². The highest BCUT2D eigenvalue weighted by molar-refractivity contribution is 5.51. The molecule has 0 spiro atoms. The molecule has 0 fully saturated rings. The molecular formula is C9H11N3O2. The van der Waals surface area contributed by atoms with Gasteiger partial charge >= 0.3 is 0 Å². The Morgan fingerprint density at radius 3 is 3.29 bits per heavy atom. The van der Waals surface area contributed by atoms with Crippen molar-refractivity contribution in [2.24, 2.45) is 0 Å². The summed E-state index contributed by atoms with van der Waals surface area (Å²) in [6.07, 6.45) is 3.96. The fourth-order valence-corrected chi connectivity index (χ4v) is 1.57. The van der Waals surface area contributed by atoms with Crippen molar-refractivity contribution in [3.05, 3.63) is 22.4 Å². The number of nitrogens with one attached hydrogen (secondary N) is 1. The maximum Gasteiger partial charge on any atom is 0.277 e. The lowest BCUT2D eigenvalue weighted by molar-refractivity contribution is -0.108. The van der Waals surface area contributed by atoms with Gasteiger partial charge in [-0.25, -0.2) is 4.98 Å². The van der Waals surface area contributed by atoms with E-state index in [1.165, 1.54) is 10.9 Å². The molecule has 74 valence electrons. The SMILES string of the molecule is O=CCn1cnc2c(c1=O)NCCC2. The van der Waals surface area contributed by atoms with Gasteiger partial charge in [-0.1, -0.05) is 0 Å². The van der Waals surface area contributed by atoms with E-state index < -0.39 is 0 Å². The molecule has 0 saturated carbocycles. The van der Waals surface area contributed by atoms with E-state index in [-0.39, 0.29) is 12.1 Å². The van der Waals surface area contributed by atoms with Crippen LogP contribution in [0.15, 0.2) is 11.1 Å². The predicted octanol–water partition coefficient (Wildman–Crippen LogP) is -0.200. The van der Waals surface area contributed by atoms with Crippen LogP contribution in [0.25, 0.3) is 0 Å². The molecule has 0 aliphatic carbocycles.